The fourth-order valence-corrected chi connectivity index (χ4v) is 17.5. The predicted molar refractivity (Wildman–Crippen MR) is 304 cm³/mol. The van der Waals surface area contributed by atoms with Crippen LogP contribution in [0.3, 0.4) is 0 Å². The second-order valence-corrected chi connectivity index (χ2v) is 23.4. The zero-order chi connectivity index (χ0) is 55.0. The molecule has 1 heterocycles. The molecule has 0 unspecified atom stereocenters. The molecule has 0 aromatic heterocycles. The number of rotatable bonds is 8. The van der Waals surface area contributed by atoms with Crippen molar-refractivity contribution in [1.29, 1.82) is 0 Å². The number of nitrogens with zero attached hydrogens (tertiary/aromatic N) is 1. The van der Waals surface area contributed by atoms with Crippen molar-refractivity contribution in [2.75, 3.05) is 4.90 Å². The molecule has 0 N–H and O–H groups in total. The first-order valence-electron chi connectivity index (χ1n) is 28.7. The molecule has 2 heteroatoms. The Hall–Kier alpha value is -8.56. The van der Waals surface area contributed by atoms with Crippen LogP contribution in [0.15, 0.2) is 273 Å². The molecule has 0 saturated heterocycles. The molecule has 11 aromatic rings. The molecule has 0 fully saturated rings. The molecule has 2 aliphatic carbocycles. The van der Waals surface area contributed by atoms with Crippen LogP contribution < -0.4 is 25.6 Å². The summed E-state index contributed by atoms with van der Waals surface area (Å²) in [6.45, 7) is 4.54. The van der Waals surface area contributed by atoms with Crippen LogP contribution in [-0.4, -0.2) is 8.07 Å². The van der Waals surface area contributed by atoms with Crippen LogP contribution in [-0.2, 0) is 10.8 Å². The molecule has 340 valence electrons. The highest BCUT2D eigenvalue weighted by Gasteiger charge is 2.49. The third kappa shape index (κ3) is 6.00. The van der Waals surface area contributed by atoms with E-state index in [1.54, 1.807) is 0 Å². The normalized spacial score (nSPS) is 16.1. The van der Waals surface area contributed by atoms with Crippen molar-refractivity contribution in [3.05, 3.63) is 306 Å². The number of anilines is 3. The predicted octanol–water partition coefficient (Wildman–Crippen LogP) is 14.9. The van der Waals surface area contributed by atoms with Crippen molar-refractivity contribution in [2.45, 2.75) is 24.7 Å². The zero-order valence-corrected chi connectivity index (χ0v) is 40.8. The van der Waals surface area contributed by atoms with Gasteiger partial charge in [0, 0.05) is 22.5 Å². The lowest BCUT2D eigenvalue weighted by Gasteiger charge is -2.34. The van der Waals surface area contributed by atoms with E-state index in [1.807, 2.05) is 42.5 Å². The van der Waals surface area contributed by atoms with E-state index in [1.165, 1.54) is 55.6 Å². The topological polar surface area (TPSA) is 3.24 Å². The van der Waals surface area contributed by atoms with E-state index in [0.717, 1.165) is 33.4 Å². The molecule has 14 rings (SSSR count). The molecule has 0 spiro atoms. The van der Waals surface area contributed by atoms with E-state index in [4.69, 9.17) is 5.48 Å². The van der Waals surface area contributed by atoms with Crippen LogP contribution in [0.5, 0.6) is 0 Å². The quantitative estimate of drug-likeness (QED) is 0.137. The molecule has 72 heavy (non-hydrogen) atoms. The summed E-state index contributed by atoms with van der Waals surface area (Å²) in [7, 11) is -4.04. The van der Waals surface area contributed by atoms with Gasteiger partial charge in [0.2, 0.25) is 0 Å². The average Bonchev–Trinajstić information content (AvgIpc) is 4.30. The number of benzene rings is 11. The average molecular weight is 942 g/mol. The Morgan fingerprint density at radius 3 is 1.50 bits per heavy atom. The number of hydrogen-bond donors (Lipinski definition) is 0. The molecular weight excluding hydrogens is 883 g/mol. The van der Waals surface area contributed by atoms with Crippen molar-refractivity contribution < 1.29 is 11.0 Å². The molecule has 0 atom stereocenters. The first-order chi connectivity index (χ1) is 38.8. The van der Waals surface area contributed by atoms with Crippen molar-refractivity contribution in [3.8, 4) is 44.5 Å². The van der Waals surface area contributed by atoms with Gasteiger partial charge in [-0.15, -0.1) is 0 Å². The SMILES string of the molecule is [2H]c1c([2H])c([2H])c2c(c1[2H])-c1c([2H])c([2H])c([2H])c([2H])c1[Si]2(c1ccccc1)c1cccc(N(c2ccc(-c3ccc4c(c3)C(c3ccccc3)(c3ccccc3)c3ccccc3-4)cc2)c2ccc3c(c2)C(C)(C)c2ccccc2-3)c1. The third-order valence-corrected chi connectivity index (χ3v) is 20.5. The Balaban J connectivity index is 0.984. The fourth-order valence-electron chi connectivity index (χ4n) is 12.7. The molecule has 0 saturated carbocycles. The van der Waals surface area contributed by atoms with Crippen LogP contribution >= 0.6 is 0 Å². The summed E-state index contributed by atoms with van der Waals surface area (Å²) in [5.74, 6) is 0. The molecule has 11 aromatic carbocycles. The lowest BCUT2D eigenvalue weighted by atomic mass is 9.67. The Morgan fingerprint density at radius 2 is 0.833 bits per heavy atom. The minimum Gasteiger partial charge on any atom is -0.310 e. The lowest BCUT2D eigenvalue weighted by molar-refractivity contribution is 0.660. The van der Waals surface area contributed by atoms with Gasteiger partial charge in [0.05, 0.1) is 16.4 Å². The maximum atomic E-state index is 9.75. The molecule has 0 radical (unpaired) electrons. The van der Waals surface area contributed by atoms with Gasteiger partial charge in [-0.25, -0.2) is 0 Å². The minimum absolute atomic E-state index is 0.131. The Morgan fingerprint density at radius 1 is 0.347 bits per heavy atom. The second-order valence-electron chi connectivity index (χ2n) is 19.7. The molecule has 0 amide bonds. The summed E-state index contributed by atoms with van der Waals surface area (Å²) >= 11 is 0. The van der Waals surface area contributed by atoms with Gasteiger partial charge in [-0.2, -0.15) is 0 Å². The Kier molecular flexibility index (Phi) is 7.83. The van der Waals surface area contributed by atoms with Crippen molar-refractivity contribution in [1.82, 2.24) is 0 Å². The van der Waals surface area contributed by atoms with E-state index >= 15 is 0 Å². The maximum Gasteiger partial charge on any atom is 0.180 e. The lowest BCUT2D eigenvalue weighted by Crippen LogP contribution is -2.72. The highest BCUT2D eigenvalue weighted by molar-refractivity contribution is 7.22. The standard InChI is InChI=1S/C70H51NSi/c1-69(2)63-33-16-12-29-57(63)59-44-42-54(47-65(59)69)71(53-25-20-28-56(46-53)72(55-26-10-5-11-27-55)67-35-18-14-31-61(67)62-32-15-19-36-68(62)72)52-40-37-48(38-41-52)49-39-43-60-58-30-13-17-34-64(58)70(66(60)45-49,50-21-6-3-7-22-50)51-23-8-4-9-24-51/h3-47H,1-2H3/i14D,15D,18D,19D,31D,32D,35D,36D. The molecule has 1 nitrogen and oxygen atoms in total. The third-order valence-electron chi connectivity index (χ3n) is 15.9. The van der Waals surface area contributed by atoms with Gasteiger partial charge in [0.25, 0.3) is 0 Å². The van der Waals surface area contributed by atoms with Crippen LogP contribution in [0, 0.1) is 0 Å². The highest BCUT2D eigenvalue weighted by Crippen LogP contribution is 2.57. The van der Waals surface area contributed by atoms with Crippen molar-refractivity contribution in [2.24, 2.45) is 0 Å². The van der Waals surface area contributed by atoms with E-state index in [2.05, 4.69) is 201 Å². The molecule has 0 bridgehead atoms. The fraction of sp³-hybridized carbons (Fsp3) is 0.0571. The van der Waals surface area contributed by atoms with Gasteiger partial charge >= 0.3 is 0 Å². The highest BCUT2D eigenvalue weighted by atomic mass is 28.3. The van der Waals surface area contributed by atoms with Gasteiger partial charge in [-0.05, 0) is 141 Å². The first kappa shape index (κ1) is 34.7. The summed E-state index contributed by atoms with van der Waals surface area (Å²) in [6, 6.07) is 76.1. The van der Waals surface area contributed by atoms with Gasteiger partial charge < -0.3 is 4.90 Å². The van der Waals surface area contributed by atoms with E-state index < -0.39 is 37.7 Å². The summed E-state index contributed by atoms with van der Waals surface area (Å²) in [4.78, 5) is 2.24. The first-order valence-corrected chi connectivity index (χ1v) is 26.7. The molecular formula is C70H51NSi. The number of hydrogen-bond acceptors (Lipinski definition) is 1. The van der Waals surface area contributed by atoms with Crippen molar-refractivity contribution >= 4 is 45.9 Å². The summed E-state index contributed by atoms with van der Waals surface area (Å²) in [5.41, 5.74) is 16.2. The van der Waals surface area contributed by atoms with Crippen LogP contribution in [0.25, 0.3) is 44.5 Å². The van der Waals surface area contributed by atoms with E-state index in [-0.39, 0.29) is 40.7 Å². The van der Waals surface area contributed by atoms with Gasteiger partial charge in [-0.1, -0.05) is 244 Å². The van der Waals surface area contributed by atoms with Crippen LogP contribution in [0.4, 0.5) is 17.1 Å². The molecule has 1 aliphatic heterocycles. The summed E-state index contributed by atoms with van der Waals surface area (Å²) < 4.78 is 74.4. The van der Waals surface area contributed by atoms with E-state index in [9.17, 15) is 5.48 Å². The smallest absolute Gasteiger partial charge is 0.180 e. The maximum absolute atomic E-state index is 9.75. The zero-order valence-electron chi connectivity index (χ0n) is 47.8. The molecule has 3 aliphatic rings. The Labute approximate surface area is 435 Å². The Bertz CT molecular complexity index is 4260. The largest absolute Gasteiger partial charge is 0.310 e. The van der Waals surface area contributed by atoms with Crippen molar-refractivity contribution in [3.63, 3.8) is 0 Å². The van der Waals surface area contributed by atoms with Gasteiger partial charge in [0.15, 0.2) is 8.07 Å². The van der Waals surface area contributed by atoms with Gasteiger partial charge in [0.1, 0.15) is 0 Å². The summed E-state index contributed by atoms with van der Waals surface area (Å²) in [5, 5.41) is 2.10. The number of fused-ring (bicyclic) bond motifs is 9. The second kappa shape index (κ2) is 16.2. The van der Waals surface area contributed by atoms with Gasteiger partial charge in [-0.3, -0.25) is 0 Å². The minimum atomic E-state index is -4.04. The monoisotopic (exact) mass is 941 g/mol. The summed E-state index contributed by atoms with van der Waals surface area (Å²) in [6.07, 6.45) is 0. The van der Waals surface area contributed by atoms with Crippen LogP contribution in [0.1, 0.15) is 58.2 Å². The van der Waals surface area contributed by atoms with Crippen LogP contribution in [0.2, 0.25) is 0 Å². The van der Waals surface area contributed by atoms with E-state index in [0.29, 0.717) is 15.6 Å².